The molecule has 0 unspecified atom stereocenters. The smallest absolute Gasteiger partial charge is 0.332 e. The van der Waals surface area contributed by atoms with Crippen LogP contribution in [0.25, 0.3) is 0 Å². The van der Waals surface area contributed by atoms with Crippen molar-refractivity contribution in [2.75, 3.05) is 25.2 Å². The number of amides is 4. The Labute approximate surface area is 163 Å². The van der Waals surface area contributed by atoms with Crippen molar-refractivity contribution < 1.29 is 14.4 Å². The second-order valence-corrected chi connectivity index (χ2v) is 7.02. The summed E-state index contributed by atoms with van der Waals surface area (Å²) >= 11 is 0. The van der Waals surface area contributed by atoms with Gasteiger partial charge in [0.05, 0.1) is 12.7 Å². The summed E-state index contributed by atoms with van der Waals surface area (Å²) in [5.41, 5.74) is 2.93. The van der Waals surface area contributed by atoms with E-state index in [1.807, 2.05) is 47.4 Å². The van der Waals surface area contributed by atoms with Crippen molar-refractivity contribution in [2.24, 2.45) is 0 Å². The van der Waals surface area contributed by atoms with Gasteiger partial charge in [-0.15, -0.1) is 0 Å². The number of likely N-dealkylation sites (N-methyl/N-ethyl adjacent to an activating group) is 1. The average Bonchev–Trinajstić information content (AvgIpc) is 3.01. The Morgan fingerprint density at radius 3 is 2.39 bits per heavy atom. The van der Waals surface area contributed by atoms with Gasteiger partial charge >= 0.3 is 6.03 Å². The molecular formula is C21H22N4O3. The molecule has 0 aromatic heterocycles. The lowest BCUT2D eigenvalue weighted by molar-refractivity contribution is -0.132. The lowest BCUT2D eigenvalue weighted by atomic mass is 9.94. The van der Waals surface area contributed by atoms with Gasteiger partial charge in [0.2, 0.25) is 5.91 Å². The standard InChI is InChI=1S/C21H22N4O3/c1-22-20(27)18-11-15-7-5-6-8-16(15)12-23(18)14-25-19(26)13-24(21(25)28)17-9-3-2-4-10-17/h2-10,18H,11-14H2,1H3,(H,22,27)/t18-/m1/s1. The molecule has 2 heterocycles. The van der Waals surface area contributed by atoms with E-state index in [9.17, 15) is 14.4 Å². The van der Waals surface area contributed by atoms with E-state index >= 15 is 0 Å². The zero-order valence-corrected chi connectivity index (χ0v) is 15.7. The Bertz CT molecular complexity index is 915. The third-order valence-corrected chi connectivity index (χ3v) is 5.34. The SMILES string of the molecule is CNC(=O)[C@H]1Cc2ccccc2CN1CN1C(=O)CN(c2ccccc2)C1=O. The number of fused-ring (bicyclic) bond motifs is 1. The number of benzene rings is 2. The minimum Gasteiger partial charge on any atom is -0.358 e. The highest BCUT2D eigenvalue weighted by atomic mass is 16.2. The number of hydrogen-bond acceptors (Lipinski definition) is 4. The molecule has 144 valence electrons. The van der Waals surface area contributed by atoms with E-state index in [2.05, 4.69) is 5.32 Å². The first-order valence-electron chi connectivity index (χ1n) is 9.28. The first kappa shape index (κ1) is 18.2. The van der Waals surface area contributed by atoms with E-state index in [0.29, 0.717) is 18.7 Å². The van der Waals surface area contributed by atoms with Crippen LogP contribution in [-0.4, -0.2) is 53.9 Å². The van der Waals surface area contributed by atoms with Crippen LogP contribution in [0.4, 0.5) is 10.5 Å². The van der Waals surface area contributed by atoms with Crippen LogP contribution in [0, 0.1) is 0 Å². The van der Waals surface area contributed by atoms with Gasteiger partial charge in [-0.25, -0.2) is 9.69 Å². The third-order valence-electron chi connectivity index (χ3n) is 5.34. The molecular weight excluding hydrogens is 356 g/mol. The highest BCUT2D eigenvalue weighted by Gasteiger charge is 2.40. The quantitative estimate of drug-likeness (QED) is 0.820. The normalized spacial score (nSPS) is 19.7. The fourth-order valence-electron chi connectivity index (χ4n) is 3.82. The van der Waals surface area contributed by atoms with Crippen molar-refractivity contribution in [1.82, 2.24) is 15.1 Å². The van der Waals surface area contributed by atoms with Gasteiger partial charge in [0, 0.05) is 19.3 Å². The lowest BCUT2D eigenvalue weighted by Gasteiger charge is -2.37. The molecule has 1 N–H and O–H groups in total. The van der Waals surface area contributed by atoms with E-state index in [4.69, 9.17) is 0 Å². The summed E-state index contributed by atoms with van der Waals surface area (Å²) in [7, 11) is 1.60. The number of nitrogens with zero attached hydrogens (tertiary/aromatic N) is 3. The van der Waals surface area contributed by atoms with Crippen LogP contribution < -0.4 is 10.2 Å². The molecule has 1 atom stereocenters. The number of para-hydroxylation sites is 1. The zero-order valence-electron chi connectivity index (χ0n) is 15.7. The largest absolute Gasteiger partial charge is 0.358 e. The van der Waals surface area contributed by atoms with Gasteiger partial charge in [-0.05, 0) is 29.7 Å². The second kappa shape index (κ2) is 7.44. The van der Waals surface area contributed by atoms with E-state index in [0.717, 1.165) is 11.1 Å². The molecule has 0 radical (unpaired) electrons. The Hall–Kier alpha value is -3.19. The molecule has 28 heavy (non-hydrogen) atoms. The van der Waals surface area contributed by atoms with Crippen LogP contribution >= 0.6 is 0 Å². The van der Waals surface area contributed by atoms with Gasteiger partial charge in [0.1, 0.15) is 6.54 Å². The molecule has 0 saturated carbocycles. The van der Waals surface area contributed by atoms with Crippen LogP contribution in [-0.2, 0) is 22.6 Å². The first-order chi connectivity index (χ1) is 13.6. The molecule has 4 rings (SSSR count). The Morgan fingerprint density at radius 2 is 1.68 bits per heavy atom. The zero-order chi connectivity index (χ0) is 19.7. The maximum Gasteiger partial charge on any atom is 0.332 e. The summed E-state index contributed by atoms with van der Waals surface area (Å²) < 4.78 is 0. The van der Waals surface area contributed by atoms with E-state index in [1.165, 1.54) is 9.80 Å². The fraction of sp³-hybridized carbons (Fsp3) is 0.286. The lowest BCUT2D eigenvalue weighted by Crippen LogP contribution is -2.54. The highest BCUT2D eigenvalue weighted by Crippen LogP contribution is 2.26. The summed E-state index contributed by atoms with van der Waals surface area (Å²) in [6, 6.07) is 16.3. The molecule has 1 saturated heterocycles. The maximum atomic E-state index is 12.9. The van der Waals surface area contributed by atoms with Crippen LogP contribution in [0.3, 0.4) is 0 Å². The van der Waals surface area contributed by atoms with Crippen molar-refractivity contribution in [3.05, 3.63) is 65.7 Å². The molecule has 4 amide bonds. The Balaban J connectivity index is 1.57. The number of imide groups is 1. The van der Waals surface area contributed by atoms with Gasteiger partial charge in [-0.2, -0.15) is 0 Å². The molecule has 0 aliphatic carbocycles. The van der Waals surface area contributed by atoms with Gasteiger partial charge < -0.3 is 5.32 Å². The number of carbonyl (C=O) groups is 3. The molecule has 0 bridgehead atoms. The molecule has 7 nitrogen and oxygen atoms in total. The predicted molar refractivity (Wildman–Crippen MR) is 104 cm³/mol. The molecule has 2 aromatic carbocycles. The van der Waals surface area contributed by atoms with Crippen LogP contribution in [0.2, 0.25) is 0 Å². The van der Waals surface area contributed by atoms with E-state index < -0.39 is 6.04 Å². The van der Waals surface area contributed by atoms with Crippen LogP contribution in [0.1, 0.15) is 11.1 Å². The van der Waals surface area contributed by atoms with E-state index in [-0.39, 0.29) is 31.1 Å². The van der Waals surface area contributed by atoms with Gasteiger partial charge in [0.25, 0.3) is 5.91 Å². The topological polar surface area (TPSA) is 73.0 Å². The number of urea groups is 1. The minimum absolute atomic E-state index is 0.0118. The number of hydrogen-bond donors (Lipinski definition) is 1. The minimum atomic E-state index is -0.425. The molecule has 2 aromatic rings. The summed E-state index contributed by atoms with van der Waals surface area (Å²) in [4.78, 5) is 42.5. The van der Waals surface area contributed by atoms with Crippen molar-refractivity contribution in [1.29, 1.82) is 0 Å². The second-order valence-electron chi connectivity index (χ2n) is 7.02. The van der Waals surface area contributed by atoms with Crippen molar-refractivity contribution in [2.45, 2.75) is 19.0 Å². The fourth-order valence-corrected chi connectivity index (χ4v) is 3.82. The Morgan fingerprint density at radius 1 is 1.00 bits per heavy atom. The summed E-state index contributed by atoms with van der Waals surface area (Å²) in [6.07, 6.45) is 0.550. The predicted octanol–water partition coefficient (Wildman–Crippen LogP) is 1.59. The molecule has 0 spiro atoms. The first-order valence-corrected chi connectivity index (χ1v) is 9.28. The molecule has 1 fully saturated rings. The summed E-state index contributed by atoms with van der Waals surface area (Å²) in [5.74, 6) is -0.378. The number of rotatable bonds is 4. The van der Waals surface area contributed by atoms with Crippen molar-refractivity contribution in [3.63, 3.8) is 0 Å². The average molecular weight is 378 g/mol. The van der Waals surface area contributed by atoms with Gasteiger partial charge in [-0.3, -0.25) is 19.4 Å². The van der Waals surface area contributed by atoms with Gasteiger partial charge in [-0.1, -0.05) is 42.5 Å². The van der Waals surface area contributed by atoms with E-state index in [1.54, 1.807) is 19.2 Å². The molecule has 7 heteroatoms. The highest BCUT2D eigenvalue weighted by molar-refractivity contribution is 6.12. The summed E-state index contributed by atoms with van der Waals surface area (Å²) in [6.45, 7) is 0.613. The van der Waals surface area contributed by atoms with Crippen molar-refractivity contribution in [3.8, 4) is 0 Å². The summed E-state index contributed by atoms with van der Waals surface area (Å²) in [5, 5.41) is 2.70. The van der Waals surface area contributed by atoms with Crippen LogP contribution in [0.5, 0.6) is 0 Å². The van der Waals surface area contributed by atoms with Gasteiger partial charge in [0.15, 0.2) is 0 Å². The molecule has 2 aliphatic rings. The monoisotopic (exact) mass is 378 g/mol. The number of nitrogens with one attached hydrogen (secondary N) is 1. The Kier molecular flexibility index (Phi) is 4.83. The maximum absolute atomic E-state index is 12.9. The number of anilines is 1. The number of carbonyl (C=O) groups excluding carboxylic acids is 3. The molecule has 2 aliphatic heterocycles. The van der Waals surface area contributed by atoms with Crippen molar-refractivity contribution >= 4 is 23.5 Å². The third kappa shape index (κ3) is 3.25. The van der Waals surface area contributed by atoms with Crippen LogP contribution in [0.15, 0.2) is 54.6 Å².